The van der Waals surface area contributed by atoms with E-state index in [1.165, 1.54) is 7.11 Å². The number of anilines is 1. The third-order valence-corrected chi connectivity index (χ3v) is 4.49. The zero-order valence-electron chi connectivity index (χ0n) is 14.2. The lowest BCUT2D eigenvalue weighted by Crippen LogP contribution is -2.48. The topological polar surface area (TPSA) is 42.0 Å². The zero-order valence-corrected chi connectivity index (χ0v) is 14.9. The van der Waals surface area contributed by atoms with E-state index in [9.17, 15) is 4.79 Å². The van der Waals surface area contributed by atoms with E-state index in [2.05, 4.69) is 4.90 Å². The molecular weight excluding hydrogens is 340 g/mol. The highest BCUT2D eigenvalue weighted by Gasteiger charge is 2.21. The van der Waals surface area contributed by atoms with Crippen molar-refractivity contribution in [2.24, 2.45) is 0 Å². The number of halogens is 1. The van der Waals surface area contributed by atoms with Crippen molar-refractivity contribution >= 4 is 23.4 Å². The number of rotatable bonds is 4. The fourth-order valence-corrected chi connectivity index (χ4v) is 2.90. The van der Waals surface area contributed by atoms with Gasteiger partial charge in [-0.1, -0.05) is 23.7 Å². The number of nitrogens with zero attached hydrogens (tertiary/aromatic N) is 2. The van der Waals surface area contributed by atoms with Crippen LogP contribution in [0, 0.1) is 0 Å². The third-order valence-electron chi connectivity index (χ3n) is 4.23. The highest BCUT2D eigenvalue weighted by molar-refractivity contribution is 6.30. The van der Waals surface area contributed by atoms with Crippen LogP contribution in [-0.4, -0.2) is 44.3 Å². The molecule has 1 saturated heterocycles. The van der Waals surface area contributed by atoms with Crippen molar-refractivity contribution in [1.29, 1.82) is 0 Å². The molecule has 1 amide bonds. The second-order valence-corrected chi connectivity index (χ2v) is 6.29. The summed E-state index contributed by atoms with van der Waals surface area (Å²) in [6, 6.07) is 15.7. The molecule has 0 aliphatic carbocycles. The van der Waals surface area contributed by atoms with Crippen molar-refractivity contribution in [3.05, 3.63) is 59.1 Å². The van der Waals surface area contributed by atoms with Crippen LogP contribution in [0.5, 0.6) is 5.75 Å². The van der Waals surface area contributed by atoms with Crippen LogP contribution in [0.3, 0.4) is 0 Å². The highest BCUT2D eigenvalue weighted by Crippen LogP contribution is 2.22. The van der Waals surface area contributed by atoms with Crippen molar-refractivity contribution < 1.29 is 14.3 Å². The van der Waals surface area contributed by atoms with Crippen LogP contribution in [0.15, 0.2) is 48.5 Å². The maximum Gasteiger partial charge on any atom is 0.409 e. The standard InChI is InChI=1S/C19H21ClN2O3/c1-24-19(23)22-12-10-21(11-13-22)17-6-8-18(9-7-17)25-14-15-2-4-16(20)5-3-15/h2-9H,10-14H2,1H3. The van der Waals surface area contributed by atoms with Crippen LogP contribution in [0.2, 0.25) is 5.02 Å². The van der Waals surface area contributed by atoms with Crippen LogP contribution in [0.1, 0.15) is 5.56 Å². The molecule has 5 nitrogen and oxygen atoms in total. The Morgan fingerprint density at radius 1 is 1.00 bits per heavy atom. The average molecular weight is 361 g/mol. The molecule has 25 heavy (non-hydrogen) atoms. The van der Waals surface area contributed by atoms with Gasteiger partial charge < -0.3 is 19.3 Å². The molecule has 0 unspecified atom stereocenters. The normalized spacial score (nSPS) is 14.3. The van der Waals surface area contributed by atoms with Gasteiger partial charge in [0.25, 0.3) is 0 Å². The number of ether oxygens (including phenoxy) is 2. The average Bonchev–Trinajstić information content (AvgIpc) is 2.67. The maximum absolute atomic E-state index is 11.5. The third kappa shape index (κ3) is 4.57. The molecule has 1 aliphatic rings. The van der Waals surface area contributed by atoms with Crippen LogP contribution >= 0.6 is 11.6 Å². The summed E-state index contributed by atoms with van der Waals surface area (Å²) >= 11 is 5.88. The number of amides is 1. The summed E-state index contributed by atoms with van der Waals surface area (Å²) in [5.41, 5.74) is 2.20. The van der Waals surface area contributed by atoms with Gasteiger partial charge in [-0.05, 0) is 42.0 Å². The smallest absolute Gasteiger partial charge is 0.409 e. The zero-order chi connectivity index (χ0) is 17.6. The molecule has 6 heteroatoms. The molecule has 2 aromatic carbocycles. The summed E-state index contributed by atoms with van der Waals surface area (Å²) in [4.78, 5) is 15.5. The number of hydrogen-bond acceptors (Lipinski definition) is 4. The van der Waals surface area contributed by atoms with Gasteiger partial charge in [-0.2, -0.15) is 0 Å². The molecular formula is C19H21ClN2O3. The van der Waals surface area contributed by atoms with Gasteiger partial charge in [-0.15, -0.1) is 0 Å². The molecule has 0 spiro atoms. The van der Waals surface area contributed by atoms with Crippen molar-refractivity contribution in [1.82, 2.24) is 4.90 Å². The van der Waals surface area contributed by atoms with Crippen LogP contribution in [0.25, 0.3) is 0 Å². The van der Waals surface area contributed by atoms with Crippen molar-refractivity contribution in [3.8, 4) is 5.75 Å². The summed E-state index contributed by atoms with van der Waals surface area (Å²) in [6.45, 7) is 3.43. The molecule has 0 aromatic heterocycles. The SMILES string of the molecule is COC(=O)N1CCN(c2ccc(OCc3ccc(Cl)cc3)cc2)CC1. The van der Waals surface area contributed by atoms with E-state index in [1.54, 1.807) is 4.90 Å². The van der Waals surface area contributed by atoms with Gasteiger partial charge in [0.1, 0.15) is 12.4 Å². The van der Waals surface area contributed by atoms with Gasteiger partial charge in [-0.3, -0.25) is 0 Å². The number of carbonyl (C=O) groups is 1. The van der Waals surface area contributed by atoms with E-state index < -0.39 is 0 Å². The number of carbonyl (C=O) groups excluding carboxylic acids is 1. The molecule has 1 aliphatic heterocycles. The minimum absolute atomic E-state index is 0.259. The van der Waals surface area contributed by atoms with Gasteiger partial charge in [0, 0.05) is 36.9 Å². The Bertz CT molecular complexity index is 696. The molecule has 0 bridgehead atoms. The quantitative estimate of drug-likeness (QED) is 0.831. The lowest BCUT2D eigenvalue weighted by molar-refractivity contribution is 0.121. The summed E-state index contributed by atoms with van der Waals surface area (Å²) in [6.07, 6.45) is -0.259. The summed E-state index contributed by atoms with van der Waals surface area (Å²) < 4.78 is 10.6. The Kier molecular flexibility index (Phi) is 5.66. The van der Waals surface area contributed by atoms with E-state index in [-0.39, 0.29) is 6.09 Å². The van der Waals surface area contributed by atoms with Crippen LogP contribution in [-0.2, 0) is 11.3 Å². The van der Waals surface area contributed by atoms with Gasteiger partial charge in [-0.25, -0.2) is 4.79 Å². The summed E-state index contributed by atoms with van der Waals surface area (Å²) in [5.74, 6) is 0.826. The Balaban J connectivity index is 1.52. The predicted molar refractivity (Wildman–Crippen MR) is 98.4 cm³/mol. The van der Waals surface area contributed by atoms with E-state index in [0.29, 0.717) is 19.7 Å². The van der Waals surface area contributed by atoms with E-state index in [1.807, 2.05) is 48.5 Å². The molecule has 3 rings (SSSR count). The van der Waals surface area contributed by atoms with Gasteiger partial charge in [0.15, 0.2) is 0 Å². The van der Waals surface area contributed by atoms with Crippen molar-refractivity contribution in [2.45, 2.75) is 6.61 Å². The van der Waals surface area contributed by atoms with Gasteiger partial charge in [0.05, 0.1) is 7.11 Å². The molecule has 132 valence electrons. The largest absolute Gasteiger partial charge is 0.489 e. The van der Waals surface area contributed by atoms with E-state index in [4.69, 9.17) is 21.1 Å². The number of methoxy groups -OCH3 is 1. The van der Waals surface area contributed by atoms with Gasteiger partial charge in [0.2, 0.25) is 0 Å². The van der Waals surface area contributed by atoms with Crippen LogP contribution in [0.4, 0.5) is 10.5 Å². The Labute approximate surface area is 152 Å². The first kappa shape index (κ1) is 17.4. The monoisotopic (exact) mass is 360 g/mol. The Morgan fingerprint density at radius 2 is 1.64 bits per heavy atom. The molecule has 1 heterocycles. The number of piperazine rings is 1. The van der Waals surface area contributed by atoms with E-state index in [0.717, 1.165) is 35.1 Å². The molecule has 0 radical (unpaired) electrons. The molecule has 0 saturated carbocycles. The van der Waals surface area contributed by atoms with Crippen LogP contribution < -0.4 is 9.64 Å². The molecule has 2 aromatic rings. The molecule has 0 atom stereocenters. The molecule has 0 N–H and O–H groups in total. The maximum atomic E-state index is 11.5. The van der Waals surface area contributed by atoms with E-state index >= 15 is 0 Å². The summed E-state index contributed by atoms with van der Waals surface area (Å²) in [5, 5.41) is 0.723. The predicted octanol–water partition coefficient (Wildman–Crippen LogP) is 3.81. The second-order valence-electron chi connectivity index (χ2n) is 5.85. The first-order chi connectivity index (χ1) is 12.2. The second kappa shape index (κ2) is 8.12. The minimum Gasteiger partial charge on any atom is -0.489 e. The summed E-state index contributed by atoms with van der Waals surface area (Å²) in [7, 11) is 1.41. The Hall–Kier alpha value is -2.40. The first-order valence-electron chi connectivity index (χ1n) is 8.21. The highest BCUT2D eigenvalue weighted by atomic mass is 35.5. The van der Waals surface area contributed by atoms with Crippen molar-refractivity contribution in [3.63, 3.8) is 0 Å². The fourth-order valence-electron chi connectivity index (χ4n) is 2.78. The first-order valence-corrected chi connectivity index (χ1v) is 8.58. The minimum atomic E-state index is -0.259. The fraction of sp³-hybridized carbons (Fsp3) is 0.316. The van der Waals surface area contributed by atoms with Gasteiger partial charge >= 0.3 is 6.09 Å². The number of benzene rings is 2. The lowest BCUT2D eigenvalue weighted by Gasteiger charge is -2.35. The van der Waals surface area contributed by atoms with Crippen molar-refractivity contribution in [2.75, 3.05) is 38.2 Å². The Morgan fingerprint density at radius 3 is 2.24 bits per heavy atom. The molecule has 1 fully saturated rings. The lowest BCUT2D eigenvalue weighted by atomic mass is 10.2. The number of hydrogen-bond donors (Lipinski definition) is 0.